The number of unbranched alkanes of at least 4 members (excludes halogenated alkanes) is 1. The first-order valence-corrected chi connectivity index (χ1v) is 8.71. The SMILES string of the molecule is N#C[C@H](CCc1ccccc1)N[C@@H](CCCCNC(=O)C(F)(F)F)C(=O)O.N#N. The number of nitrogens with one attached hydrogen (secondary N) is 2. The normalized spacial score (nSPS) is 12.6. The summed E-state index contributed by atoms with van der Waals surface area (Å²) in [5.74, 6) is -3.14. The number of carboxylic acid groups (broad SMARTS) is 1. The van der Waals surface area contributed by atoms with Gasteiger partial charge in [0, 0.05) is 17.3 Å². The lowest BCUT2D eigenvalue weighted by Gasteiger charge is -2.18. The Morgan fingerprint density at radius 1 is 1.10 bits per heavy atom. The van der Waals surface area contributed by atoms with E-state index in [9.17, 15) is 33.1 Å². The lowest BCUT2D eigenvalue weighted by atomic mass is 10.0. The lowest BCUT2D eigenvalue weighted by Crippen LogP contribution is -2.43. The number of halogens is 3. The molecule has 0 fully saturated rings. The van der Waals surface area contributed by atoms with Crippen molar-refractivity contribution in [2.45, 2.75) is 50.4 Å². The van der Waals surface area contributed by atoms with Gasteiger partial charge in [0.1, 0.15) is 6.04 Å². The molecule has 11 heteroatoms. The van der Waals surface area contributed by atoms with E-state index in [0.717, 1.165) is 5.56 Å². The zero-order valence-electron chi connectivity index (χ0n) is 15.5. The summed E-state index contributed by atoms with van der Waals surface area (Å²) in [6.07, 6.45) is -3.24. The molecular weight excluding hydrogens is 391 g/mol. The molecule has 0 heterocycles. The van der Waals surface area contributed by atoms with Gasteiger partial charge in [0.05, 0.1) is 12.1 Å². The van der Waals surface area contributed by atoms with Crippen LogP contribution in [0.25, 0.3) is 0 Å². The maximum absolute atomic E-state index is 12.0. The molecule has 0 saturated carbocycles. The van der Waals surface area contributed by atoms with E-state index in [-0.39, 0.29) is 19.4 Å². The molecule has 0 bridgehead atoms. The fourth-order valence-electron chi connectivity index (χ4n) is 2.44. The molecule has 0 spiro atoms. The minimum Gasteiger partial charge on any atom is -0.480 e. The highest BCUT2D eigenvalue weighted by Crippen LogP contribution is 2.14. The van der Waals surface area contributed by atoms with Crippen LogP contribution in [0.2, 0.25) is 0 Å². The van der Waals surface area contributed by atoms with Crippen LogP contribution in [0.15, 0.2) is 30.3 Å². The van der Waals surface area contributed by atoms with E-state index in [1.54, 1.807) is 5.32 Å². The van der Waals surface area contributed by atoms with Crippen LogP contribution >= 0.6 is 0 Å². The smallest absolute Gasteiger partial charge is 0.471 e. The van der Waals surface area contributed by atoms with Gasteiger partial charge < -0.3 is 10.4 Å². The van der Waals surface area contributed by atoms with E-state index in [4.69, 9.17) is 10.8 Å². The van der Waals surface area contributed by atoms with Crippen molar-refractivity contribution in [3.8, 4) is 6.07 Å². The highest BCUT2D eigenvalue weighted by Gasteiger charge is 2.38. The van der Waals surface area contributed by atoms with Gasteiger partial charge in [0.2, 0.25) is 0 Å². The number of amides is 1. The van der Waals surface area contributed by atoms with E-state index < -0.39 is 30.1 Å². The number of rotatable bonds is 11. The second kappa shape index (κ2) is 13.9. The quantitative estimate of drug-likeness (QED) is 0.372. The van der Waals surface area contributed by atoms with Crippen molar-refractivity contribution in [1.82, 2.24) is 10.6 Å². The van der Waals surface area contributed by atoms with Crippen molar-refractivity contribution in [3.63, 3.8) is 0 Å². The fourth-order valence-corrected chi connectivity index (χ4v) is 2.44. The molecule has 0 radical (unpaired) electrons. The largest absolute Gasteiger partial charge is 0.480 e. The average molecular weight is 413 g/mol. The van der Waals surface area contributed by atoms with Gasteiger partial charge in [-0.2, -0.15) is 18.4 Å². The molecule has 1 aromatic carbocycles. The molecule has 158 valence electrons. The number of carboxylic acids is 1. The molecular formula is C18H22F3N5O3. The molecule has 1 aromatic rings. The van der Waals surface area contributed by atoms with Gasteiger partial charge in [0.25, 0.3) is 0 Å². The number of aryl methyl sites for hydroxylation is 1. The second-order valence-electron chi connectivity index (χ2n) is 6.01. The van der Waals surface area contributed by atoms with Crippen molar-refractivity contribution in [2.75, 3.05) is 6.54 Å². The molecule has 29 heavy (non-hydrogen) atoms. The second-order valence-corrected chi connectivity index (χ2v) is 6.01. The molecule has 8 nitrogen and oxygen atoms in total. The van der Waals surface area contributed by atoms with Crippen LogP contribution in [0.1, 0.15) is 31.2 Å². The monoisotopic (exact) mass is 413 g/mol. The van der Waals surface area contributed by atoms with Crippen molar-refractivity contribution >= 4 is 11.9 Å². The Labute approximate surface area is 166 Å². The molecule has 0 aliphatic carbocycles. The molecule has 0 saturated heterocycles. The van der Waals surface area contributed by atoms with E-state index in [1.807, 2.05) is 36.4 Å². The average Bonchev–Trinajstić information content (AvgIpc) is 2.70. The summed E-state index contributed by atoms with van der Waals surface area (Å²) in [4.78, 5) is 22.0. The first-order chi connectivity index (χ1) is 13.7. The number of alkyl halides is 3. The Hall–Kier alpha value is -3.18. The minimum absolute atomic E-state index is 0.140. The Balaban J connectivity index is 0.00000379. The van der Waals surface area contributed by atoms with Gasteiger partial charge in [-0.05, 0) is 37.7 Å². The number of nitrogens with zero attached hydrogens (tertiary/aromatic N) is 3. The van der Waals surface area contributed by atoms with E-state index in [2.05, 4.69) is 5.32 Å². The van der Waals surface area contributed by atoms with Crippen LogP contribution in [0, 0.1) is 22.1 Å². The summed E-state index contributed by atoms with van der Waals surface area (Å²) in [6, 6.07) is 9.86. The van der Waals surface area contributed by atoms with E-state index >= 15 is 0 Å². The summed E-state index contributed by atoms with van der Waals surface area (Å²) >= 11 is 0. The number of carbonyl (C=O) groups excluding carboxylic acids is 1. The summed E-state index contributed by atoms with van der Waals surface area (Å²) in [5, 5.41) is 35.0. The van der Waals surface area contributed by atoms with Gasteiger partial charge >= 0.3 is 18.1 Å². The zero-order valence-corrected chi connectivity index (χ0v) is 15.5. The third-order valence-corrected chi connectivity index (χ3v) is 3.88. The number of nitriles is 1. The lowest BCUT2D eigenvalue weighted by molar-refractivity contribution is -0.173. The zero-order chi connectivity index (χ0) is 22.3. The van der Waals surface area contributed by atoms with Gasteiger partial charge in [0.15, 0.2) is 0 Å². The fraction of sp³-hybridized carbons (Fsp3) is 0.500. The summed E-state index contributed by atoms with van der Waals surface area (Å²) in [7, 11) is 0. The third kappa shape index (κ3) is 11.3. The number of carbonyl (C=O) groups is 2. The van der Waals surface area contributed by atoms with E-state index in [1.165, 1.54) is 0 Å². The van der Waals surface area contributed by atoms with Crippen LogP contribution in [-0.2, 0) is 16.0 Å². The van der Waals surface area contributed by atoms with Crippen LogP contribution in [0.4, 0.5) is 13.2 Å². The topological polar surface area (TPSA) is 150 Å². The minimum atomic E-state index is -4.93. The van der Waals surface area contributed by atoms with Crippen molar-refractivity contribution in [1.29, 1.82) is 16.0 Å². The van der Waals surface area contributed by atoms with Gasteiger partial charge in [-0.3, -0.25) is 14.9 Å². The van der Waals surface area contributed by atoms with Crippen LogP contribution in [0.5, 0.6) is 0 Å². The summed E-state index contributed by atoms with van der Waals surface area (Å²) in [6.45, 7) is -0.194. The summed E-state index contributed by atoms with van der Waals surface area (Å²) < 4.78 is 36.1. The summed E-state index contributed by atoms with van der Waals surface area (Å²) in [5.41, 5.74) is 1.03. The van der Waals surface area contributed by atoms with Crippen molar-refractivity contribution < 1.29 is 27.9 Å². The predicted molar refractivity (Wildman–Crippen MR) is 95.1 cm³/mol. The predicted octanol–water partition coefficient (Wildman–Crippen LogP) is 2.43. The first kappa shape index (κ1) is 25.8. The molecule has 0 aliphatic heterocycles. The van der Waals surface area contributed by atoms with E-state index in [0.29, 0.717) is 19.3 Å². The standard InChI is InChI=1S/C18H22F3N3O3.N2/c19-18(20,21)17(27)23-11-5-4-8-15(16(25)26)24-14(12-22)10-9-13-6-2-1-3-7-13;1-2/h1-3,6-7,14-15,24H,4-5,8-11H2,(H,23,27)(H,25,26);/t14-,15-;/m0./s1. The van der Waals surface area contributed by atoms with Gasteiger partial charge in [-0.25, -0.2) is 0 Å². The number of benzene rings is 1. The molecule has 1 rings (SSSR count). The Kier molecular flexibility index (Phi) is 12.4. The van der Waals surface area contributed by atoms with Crippen molar-refractivity contribution in [3.05, 3.63) is 35.9 Å². The first-order valence-electron chi connectivity index (χ1n) is 8.71. The molecule has 1 amide bonds. The van der Waals surface area contributed by atoms with Crippen LogP contribution in [-0.4, -0.2) is 41.8 Å². The highest BCUT2D eigenvalue weighted by molar-refractivity contribution is 5.81. The molecule has 3 N–H and O–H groups in total. The van der Waals surface area contributed by atoms with Gasteiger partial charge in [-0.1, -0.05) is 30.3 Å². The Morgan fingerprint density at radius 3 is 2.24 bits per heavy atom. The van der Waals surface area contributed by atoms with Crippen molar-refractivity contribution in [2.24, 2.45) is 0 Å². The number of hydrogen-bond acceptors (Lipinski definition) is 6. The van der Waals surface area contributed by atoms with Gasteiger partial charge in [-0.15, -0.1) is 0 Å². The number of aliphatic carboxylic acids is 1. The highest BCUT2D eigenvalue weighted by atomic mass is 19.4. The molecule has 0 aromatic heterocycles. The molecule has 0 aliphatic rings. The Morgan fingerprint density at radius 2 is 1.72 bits per heavy atom. The van der Waals surface area contributed by atoms with Crippen LogP contribution in [0.3, 0.4) is 0 Å². The molecule has 0 unspecified atom stereocenters. The Bertz CT molecular complexity index is 689. The maximum atomic E-state index is 12.0. The maximum Gasteiger partial charge on any atom is 0.471 e. The van der Waals surface area contributed by atoms with Crippen LogP contribution < -0.4 is 10.6 Å². The third-order valence-electron chi connectivity index (χ3n) is 3.88. The number of hydrogen-bond donors (Lipinski definition) is 3. The molecule has 2 atom stereocenters.